The lowest BCUT2D eigenvalue weighted by Gasteiger charge is -2.34. The number of carbonyl (C=O) groups excluding carboxylic acids is 1. The highest BCUT2D eigenvalue weighted by atomic mass is 32.2. The van der Waals surface area contributed by atoms with Crippen LogP contribution in [0.25, 0.3) is 0 Å². The number of fused-ring (bicyclic) bond motifs is 1. The standard InChI is InChI=1S/C18H21N3O6S/c19-18(22)15-4-5-16(27-15)28(23,24)21-8-6-20(7-9-21)12-13-2-1-3-14-17(13)26-11-10-25-14/h1-5H,6-12H2,(H2,19,22). The molecule has 9 nitrogen and oxygen atoms in total. The Balaban J connectivity index is 1.41. The minimum Gasteiger partial charge on any atom is -0.486 e. The van der Waals surface area contributed by atoms with Crippen LogP contribution in [0.3, 0.4) is 0 Å². The molecule has 0 spiro atoms. The number of benzene rings is 1. The number of piperazine rings is 1. The van der Waals surface area contributed by atoms with E-state index in [2.05, 4.69) is 4.90 Å². The molecule has 2 aliphatic heterocycles. The molecule has 0 atom stereocenters. The summed E-state index contributed by atoms with van der Waals surface area (Å²) in [7, 11) is -3.80. The van der Waals surface area contributed by atoms with Crippen molar-refractivity contribution in [3.63, 3.8) is 0 Å². The first-order chi connectivity index (χ1) is 13.4. The van der Waals surface area contributed by atoms with Gasteiger partial charge in [0.05, 0.1) is 0 Å². The molecule has 0 radical (unpaired) electrons. The molecule has 0 bridgehead atoms. The summed E-state index contributed by atoms with van der Waals surface area (Å²) in [5, 5.41) is -0.266. The van der Waals surface area contributed by atoms with Crippen molar-refractivity contribution in [3.8, 4) is 11.5 Å². The number of sulfonamides is 1. The molecule has 0 unspecified atom stereocenters. The van der Waals surface area contributed by atoms with Gasteiger partial charge in [-0.2, -0.15) is 4.31 Å². The number of primary amides is 1. The molecule has 1 aromatic heterocycles. The maximum absolute atomic E-state index is 12.7. The molecule has 1 amide bonds. The van der Waals surface area contributed by atoms with Crippen molar-refractivity contribution >= 4 is 15.9 Å². The minimum atomic E-state index is -3.80. The predicted molar refractivity (Wildman–Crippen MR) is 98.7 cm³/mol. The molecule has 150 valence electrons. The summed E-state index contributed by atoms with van der Waals surface area (Å²) in [6.07, 6.45) is 0. The van der Waals surface area contributed by atoms with Gasteiger partial charge in [0, 0.05) is 38.3 Å². The Kier molecular flexibility index (Phi) is 5.00. The van der Waals surface area contributed by atoms with E-state index in [0.717, 1.165) is 17.1 Å². The van der Waals surface area contributed by atoms with E-state index in [1.165, 1.54) is 16.4 Å². The second-order valence-electron chi connectivity index (χ2n) is 6.60. The van der Waals surface area contributed by atoms with E-state index in [9.17, 15) is 13.2 Å². The Morgan fingerprint density at radius 2 is 1.79 bits per heavy atom. The number of rotatable bonds is 5. The smallest absolute Gasteiger partial charge is 0.284 e. The van der Waals surface area contributed by atoms with Crippen LogP contribution >= 0.6 is 0 Å². The summed E-state index contributed by atoms with van der Waals surface area (Å²) >= 11 is 0. The van der Waals surface area contributed by atoms with E-state index in [0.29, 0.717) is 45.9 Å². The SMILES string of the molecule is NC(=O)c1ccc(S(=O)(=O)N2CCN(Cc3cccc4c3OCCO4)CC2)o1. The third-order valence-corrected chi connectivity index (χ3v) is 6.56. The molecule has 28 heavy (non-hydrogen) atoms. The van der Waals surface area contributed by atoms with E-state index in [1.54, 1.807) is 0 Å². The lowest BCUT2D eigenvalue weighted by Crippen LogP contribution is -2.48. The van der Waals surface area contributed by atoms with Gasteiger partial charge in [0.2, 0.25) is 5.09 Å². The molecule has 4 rings (SSSR count). The van der Waals surface area contributed by atoms with Gasteiger partial charge in [-0.1, -0.05) is 12.1 Å². The Bertz CT molecular complexity index is 979. The molecule has 1 saturated heterocycles. The highest BCUT2D eigenvalue weighted by Crippen LogP contribution is 2.34. The van der Waals surface area contributed by atoms with Crippen LogP contribution in [0.2, 0.25) is 0 Å². The van der Waals surface area contributed by atoms with Gasteiger partial charge in [0.15, 0.2) is 17.3 Å². The van der Waals surface area contributed by atoms with Gasteiger partial charge in [0.1, 0.15) is 13.2 Å². The molecule has 2 N–H and O–H groups in total. The number of furan rings is 1. The summed E-state index contributed by atoms with van der Waals surface area (Å²) in [5.74, 6) is 0.531. The molecule has 0 saturated carbocycles. The third-order valence-electron chi connectivity index (χ3n) is 4.79. The first kappa shape index (κ1) is 18.8. The van der Waals surface area contributed by atoms with Crippen molar-refractivity contribution in [1.29, 1.82) is 0 Å². The van der Waals surface area contributed by atoms with Crippen molar-refractivity contribution in [3.05, 3.63) is 41.7 Å². The number of hydrogen-bond acceptors (Lipinski definition) is 7. The summed E-state index contributed by atoms with van der Waals surface area (Å²) in [6.45, 7) is 3.47. The van der Waals surface area contributed by atoms with E-state index in [-0.39, 0.29) is 10.9 Å². The second kappa shape index (κ2) is 7.46. The number of nitrogens with two attached hydrogens (primary N) is 1. The topological polar surface area (TPSA) is 115 Å². The zero-order valence-electron chi connectivity index (χ0n) is 15.2. The first-order valence-electron chi connectivity index (χ1n) is 8.95. The Morgan fingerprint density at radius 1 is 1.04 bits per heavy atom. The third kappa shape index (κ3) is 3.58. The van der Waals surface area contributed by atoms with Crippen LogP contribution in [0.4, 0.5) is 0 Å². The highest BCUT2D eigenvalue weighted by molar-refractivity contribution is 7.89. The van der Waals surface area contributed by atoms with Crippen LogP contribution < -0.4 is 15.2 Å². The number of nitrogens with zero attached hydrogens (tertiary/aromatic N) is 2. The maximum atomic E-state index is 12.7. The van der Waals surface area contributed by atoms with Gasteiger partial charge in [0.25, 0.3) is 15.9 Å². The van der Waals surface area contributed by atoms with E-state index < -0.39 is 15.9 Å². The summed E-state index contributed by atoms with van der Waals surface area (Å²) in [6, 6.07) is 8.33. The fourth-order valence-corrected chi connectivity index (χ4v) is 4.68. The first-order valence-corrected chi connectivity index (χ1v) is 10.4. The zero-order valence-corrected chi connectivity index (χ0v) is 16.0. The van der Waals surface area contributed by atoms with E-state index in [4.69, 9.17) is 19.6 Å². The number of amides is 1. The van der Waals surface area contributed by atoms with Crippen molar-refractivity contribution in [1.82, 2.24) is 9.21 Å². The molecular formula is C18H21N3O6S. The molecule has 0 aliphatic carbocycles. The molecule has 2 aromatic rings. The lowest BCUT2D eigenvalue weighted by molar-refractivity contribution is 0.0968. The van der Waals surface area contributed by atoms with Gasteiger partial charge >= 0.3 is 0 Å². The zero-order chi connectivity index (χ0) is 19.7. The van der Waals surface area contributed by atoms with Crippen LogP contribution in [0.5, 0.6) is 11.5 Å². The predicted octanol–water partition coefficient (Wildman–Crippen LogP) is 0.656. The van der Waals surface area contributed by atoms with Crippen molar-refractivity contribution in [2.75, 3.05) is 39.4 Å². The maximum Gasteiger partial charge on any atom is 0.284 e. The van der Waals surface area contributed by atoms with Gasteiger partial charge in [-0.15, -0.1) is 0 Å². The van der Waals surface area contributed by atoms with Gasteiger partial charge in [-0.3, -0.25) is 9.69 Å². The van der Waals surface area contributed by atoms with E-state index in [1.807, 2.05) is 18.2 Å². The van der Waals surface area contributed by atoms with E-state index >= 15 is 0 Å². The number of carbonyl (C=O) groups is 1. The van der Waals surface area contributed by atoms with Crippen molar-refractivity contribution < 1.29 is 27.1 Å². The van der Waals surface area contributed by atoms with Crippen LogP contribution in [-0.2, 0) is 16.6 Å². The van der Waals surface area contributed by atoms with Crippen LogP contribution in [0.15, 0.2) is 39.8 Å². The van der Waals surface area contributed by atoms with Gasteiger partial charge < -0.3 is 19.6 Å². The molecule has 2 aliphatic rings. The fraction of sp³-hybridized carbons (Fsp3) is 0.389. The van der Waals surface area contributed by atoms with Crippen LogP contribution in [0.1, 0.15) is 16.1 Å². The molecular weight excluding hydrogens is 386 g/mol. The Morgan fingerprint density at radius 3 is 2.50 bits per heavy atom. The monoisotopic (exact) mass is 407 g/mol. The molecule has 1 aromatic carbocycles. The highest BCUT2D eigenvalue weighted by Gasteiger charge is 2.31. The fourth-order valence-electron chi connectivity index (χ4n) is 3.35. The van der Waals surface area contributed by atoms with Gasteiger partial charge in [-0.25, -0.2) is 8.42 Å². The number of ether oxygens (including phenoxy) is 2. The number of hydrogen-bond donors (Lipinski definition) is 1. The average Bonchev–Trinajstić information content (AvgIpc) is 3.20. The van der Waals surface area contributed by atoms with Crippen molar-refractivity contribution in [2.45, 2.75) is 11.6 Å². The van der Waals surface area contributed by atoms with Crippen molar-refractivity contribution in [2.24, 2.45) is 5.73 Å². The molecule has 3 heterocycles. The summed E-state index contributed by atoms with van der Waals surface area (Å²) in [5.41, 5.74) is 6.14. The van der Waals surface area contributed by atoms with Crippen LogP contribution in [0, 0.1) is 0 Å². The number of para-hydroxylation sites is 1. The quantitative estimate of drug-likeness (QED) is 0.774. The average molecular weight is 407 g/mol. The molecule has 10 heteroatoms. The summed E-state index contributed by atoms with van der Waals surface area (Å²) < 4.78 is 43.2. The normalized spacial score (nSPS) is 18.1. The Hall–Kier alpha value is -2.56. The second-order valence-corrected chi connectivity index (χ2v) is 8.47. The Labute approximate surface area is 162 Å². The van der Waals surface area contributed by atoms with Crippen LogP contribution in [-0.4, -0.2) is 62.9 Å². The lowest BCUT2D eigenvalue weighted by atomic mass is 10.1. The largest absolute Gasteiger partial charge is 0.486 e. The summed E-state index contributed by atoms with van der Waals surface area (Å²) in [4.78, 5) is 13.3. The molecule has 1 fully saturated rings. The van der Waals surface area contributed by atoms with Gasteiger partial charge in [-0.05, 0) is 18.2 Å². The minimum absolute atomic E-state index is 0.173.